The number of aromatic nitrogens is 2. The number of carbonyl (C=O) groups is 2. The van der Waals surface area contributed by atoms with Crippen LogP contribution in [0.1, 0.15) is 43.0 Å². The van der Waals surface area contributed by atoms with Gasteiger partial charge in [0.25, 0.3) is 5.56 Å². The number of nitrogens with one attached hydrogen (secondary N) is 1. The smallest absolute Gasteiger partial charge is 0.337 e. The Morgan fingerprint density at radius 2 is 1.84 bits per heavy atom. The molecular weight excluding hydrogens is 470 g/mol. The van der Waals surface area contributed by atoms with Crippen molar-refractivity contribution in [2.75, 3.05) is 16.8 Å². The summed E-state index contributed by atoms with van der Waals surface area (Å²) in [6.07, 6.45) is 0.550. The molecule has 4 N–H and O–H groups in total. The number of carbonyl (C=O) groups excluding carboxylic acids is 1. The number of aryl methyl sites for hydroxylation is 1. The molecule has 188 valence electrons. The van der Waals surface area contributed by atoms with Gasteiger partial charge in [-0.25, -0.2) is 9.78 Å². The maximum Gasteiger partial charge on any atom is 0.337 e. The van der Waals surface area contributed by atoms with Crippen LogP contribution in [0, 0.1) is 6.92 Å². The molecule has 1 aromatic heterocycles. The minimum Gasteiger partial charge on any atom is -0.478 e. The monoisotopic (exact) mass is 497 g/mol. The molecule has 3 aromatic carbocycles. The molecule has 1 aliphatic rings. The van der Waals surface area contributed by atoms with Crippen molar-refractivity contribution in [3.05, 3.63) is 98.3 Å². The molecule has 9 heteroatoms. The van der Waals surface area contributed by atoms with Crippen molar-refractivity contribution in [3.63, 3.8) is 0 Å². The number of nitrogens with two attached hydrogens (primary N) is 1. The molecule has 9 nitrogen and oxygen atoms in total. The second-order valence-electron chi connectivity index (χ2n) is 9.33. The van der Waals surface area contributed by atoms with Crippen molar-refractivity contribution in [2.24, 2.45) is 12.8 Å². The number of fused-ring (bicyclic) bond motifs is 2. The Balaban J connectivity index is 1.47. The number of para-hydroxylation sites is 1. The summed E-state index contributed by atoms with van der Waals surface area (Å²) in [5.41, 5.74) is 11.0. The van der Waals surface area contributed by atoms with Crippen LogP contribution in [0.25, 0.3) is 10.9 Å². The quantitative estimate of drug-likeness (QED) is 0.357. The molecule has 0 atom stereocenters. The van der Waals surface area contributed by atoms with Gasteiger partial charge in [-0.05, 0) is 65.9 Å². The fourth-order valence-corrected chi connectivity index (χ4v) is 4.91. The highest BCUT2D eigenvalue weighted by Crippen LogP contribution is 2.29. The van der Waals surface area contributed by atoms with Crippen molar-refractivity contribution < 1.29 is 14.7 Å². The summed E-state index contributed by atoms with van der Waals surface area (Å²) in [4.78, 5) is 43.5. The van der Waals surface area contributed by atoms with Gasteiger partial charge in [-0.3, -0.25) is 14.2 Å². The number of anilines is 2. The molecule has 0 aliphatic carbocycles. The summed E-state index contributed by atoms with van der Waals surface area (Å²) in [6, 6.07) is 16.0. The first-order valence-corrected chi connectivity index (χ1v) is 12.0. The number of primary amides is 1. The molecule has 0 unspecified atom stereocenters. The van der Waals surface area contributed by atoms with Gasteiger partial charge in [0, 0.05) is 37.9 Å². The first-order chi connectivity index (χ1) is 17.7. The van der Waals surface area contributed by atoms with E-state index in [-0.39, 0.29) is 11.1 Å². The van der Waals surface area contributed by atoms with Gasteiger partial charge >= 0.3 is 5.97 Å². The lowest BCUT2D eigenvalue weighted by atomic mass is 10.0. The standard InChI is InChI=1S/C28H27N5O4/c1-16-11-17(9-10-30-23-6-4-3-5-21(23)27(36)37)24-22(12-16)26(35)32(2)28(31-24)33-14-19-8-7-18(25(29)34)13-20(19)15-33/h3-8,11-13,30H,9-10,14-15H2,1-2H3,(H2,29,34)(H,36,37). The van der Waals surface area contributed by atoms with Gasteiger partial charge in [-0.15, -0.1) is 0 Å². The highest BCUT2D eigenvalue weighted by Gasteiger charge is 2.24. The van der Waals surface area contributed by atoms with E-state index in [1.807, 2.05) is 30.0 Å². The minimum atomic E-state index is -0.992. The van der Waals surface area contributed by atoms with Crippen LogP contribution in [-0.4, -0.2) is 33.1 Å². The van der Waals surface area contributed by atoms with Gasteiger partial charge in [0.05, 0.1) is 16.5 Å². The van der Waals surface area contributed by atoms with Crippen LogP contribution >= 0.6 is 0 Å². The van der Waals surface area contributed by atoms with Gasteiger partial charge in [0.15, 0.2) is 0 Å². The number of amides is 1. The van der Waals surface area contributed by atoms with Crippen molar-refractivity contribution in [2.45, 2.75) is 26.4 Å². The van der Waals surface area contributed by atoms with Gasteiger partial charge in [-0.2, -0.15) is 0 Å². The molecule has 0 spiro atoms. The third-order valence-electron chi connectivity index (χ3n) is 6.74. The number of benzene rings is 3. The van der Waals surface area contributed by atoms with Crippen molar-refractivity contribution in [1.82, 2.24) is 9.55 Å². The predicted octanol–water partition coefficient (Wildman–Crippen LogP) is 3.21. The summed E-state index contributed by atoms with van der Waals surface area (Å²) >= 11 is 0. The topological polar surface area (TPSA) is 131 Å². The van der Waals surface area contributed by atoms with E-state index < -0.39 is 11.9 Å². The van der Waals surface area contributed by atoms with Crippen LogP contribution in [0.3, 0.4) is 0 Å². The van der Waals surface area contributed by atoms with E-state index in [0.29, 0.717) is 54.2 Å². The number of aromatic carboxylic acids is 1. The maximum absolute atomic E-state index is 13.4. The van der Waals surface area contributed by atoms with E-state index >= 15 is 0 Å². The first kappa shape index (κ1) is 24.1. The normalized spacial score (nSPS) is 12.5. The van der Waals surface area contributed by atoms with Crippen molar-refractivity contribution in [1.29, 1.82) is 0 Å². The first-order valence-electron chi connectivity index (χ1n) is 12.0. The Kier molecular flexibility index (Phi) is 6.12. The predicted molar refractivity (Wildman–Crippen MR) is 142 cm³/mol. The number of nitrogens with zero attached hydrogens (tertiary/aromatic N) is 3. The molecule has 0 fully saturated rings. The number of carboxylic acids is 1. The van der Waals surface area contributed by atoms with E-state index in [2.05, 4.69) is 5.32 Å². The zero-order valence-corrected chi connectivity index (χ0v) is 20.6. The zero-order valence-electron chi connectivity index (χ0n) is 20.6. The van der Waals surface area contributed by atoms with Crippen molar-refractivity contribution in [3.8, 4) is 0 Å². The Labute approximate surface area is 213 Å². The maximum atomic E-state index is 13.4. The van der Waals surface area contributed by atoms with Gasteiger partial charge in [-0.1, -0.05) is 24.3 Å². The van der Waals surface area contributed by atoms with Crippen LogP contribution in [0.2, 0.25) is 0 Å². The Morgan fingerprint density at radius 1 is 1.08 bits per heavy atom. The third-order valence-corrected chi connectivity index (χ3v) is 6.74. The molecule has 5 rings (SSSR count). The summed E-state index contributed by atoms with van der Waals surface area (Å²) in [7, 11) is 1.72. The molecule has 2 heterocycles. The number of rotatable bonds is 7. The molecule has 0 radical (unpaired) electrons. The van der Waals surface area contributed by atoms with Gasteiger partial charge in [0.1, 0.15) is 0 Å². The Hall–Kier alpha value is -4.66. The van der Waals surface area contributed by atoms with E-state index in [0.717, 1.165) is 22.3 Å². The average Bonchev–Trinajstić information content (AvgIpc) is 3.29. The fourth-order valence-electron chi connectivity index (χ4n) is 4.91. The number of carboxylic acid groups (broad SMARTS) is 1. The highest BCUT2D eigenvalue weighted by atomic mass is 16.4. The summed E-state index contributed by atoms with van der Waals surface area (Å²) in [5, 5.41) is 13.2. The van der Waals surface area contributed by atoms with Crippen LogP contribution in [0.5, 0.6) is 0 Å². The Morgan fingerprint density at radius 3 is 2.59 bits per heavy atom. The van der Waals surface area contributed by atoms with Crippen LogP contribution < -0.4 is 21.5 Å². The third kappa shape index (κ3) is 4.51. The second-order valence-corrected chi connectivity index (χ2v) is 9.33. The lowest BCUT2D eigenvalue weighted by Gasteiger charge is -2.21. The van der Waals surface area contributed by atoms with Gasteiger partial charge < -0.3 is 21.1 Å². The SMILES string of the molecule is Cc1cc(CCNc2ccccc2C(=O)O)c2nc(N3Cc4ccc(C(N)=O)cc4C3)n(C)c(=O)c2c1. The molecule has 4 aromatic rings. The fraction of sp³-hybridized carbons (Fsp3) is 0.214. The summed E-state index contributed by atoms with van der Waals surface area (Å²) in [6.45, 7) is 3.49. The molecule has 0 saturated carbocycles. The van der Waals surface area contributed by atoms with E-state index in [1.54, 1.807) is 48.0 Å². The summed E-state index contributed by atoms with van der Waals surface area (Å²) in [5.74, 6) is -0.922. The van der Waals surface area contributed by atoms with Crippen molar-refractivity contribution >= 4 is 34.4 Å². The molecule has 37 heavy (non-hydrogen) atoms. The highest BCUT2D eigenvalue weighted by molar-refractivity contribution is 5.94. The largest absolute Gasteiger partial charge is 0.478 e. The Bertz CT molecular complexity index is 1630. The van der Waals surface area contributed by atoms with E-state index in [9.17, 15) is 19.5 Å². The van der Waals surface area contributed by atoms with Crippen LogP contribution in [0.15, 0.2) is 59.4 Å². The lowest BCUT2D eigenvalue weighted by Crippen LogP contribution is -2.28. The number of hydrogen-bond donors (Lipinski definition) is 3. The number of hydrogen-bond acceptors (Lipinski definition) is 6. The molecule has 1 aliphatic heterocycles. The zero-order chi connectivity index (χ0) is 26.3. The van der Waals surface area contributed by atoms with Gasteiger partial charge in [0.2, 0.25) is 11.9 Å². The van der Waals surface area contributed by atoms with Crippen LogP contribution in [-0.2, 0) is 26.6 Å². The molecule has 1 amide bonds. The second kappa shape index (κ2) is 9.42. The van der Waals surface area contributed by atoms with E-state index in [4.69, 9.17) is 10.7 Å². The molecule has 0 bridgehead atoms. The molecular formula is C28H27N5O4. The van der Waals surface area contributed by atoms with E-state index in [1.165, 1.54) is 0 Å². The summed E-state index contributed by atoms with van der Waals surface area (Å²) < 4.78 is 1.56. The molecule has 0 saturated heterocycles. The minimum absolute atomic E-state index is 0.136. The van der Waals surface area contributed by atoms with Crippen LogP contribution in [0.4, 0.5) is 11.6 Å². The lowest BCUT2D eigenvalue weighted by molar-refractivity contribution is 0.0697. The average molecular weight is 498 g/mol.